The number of nitrogens with one attached hydrogen (secondary N) is 2. The number of carboxylic acid groups (broad SMARTS) is 1. The normalized spacial score (nSPS) is 12.0. The van der Waals surface area contributed by atoms with Gasteiger partial charge in [-0.15, -0.1) is 0 Å². The molecule has 1 aliphatic carbocycles. The quantitative estimate of drug-likeness (QED) is 0.378. The molecule has 2 aromatic carbocycles. The third-order valence-electron chi connectivity index (χ3n) is 5.98. The molecule has 4 rings (SSSR count). The lowest BCUT2D eigenvalue weighted by molar-refractivity contribution is -0.137. The van der Waals surface area contributed by atoms with Gasteiger partial charge in [-0.2, -0.15) is 5.10 Å². The highest BCUT2D eigenvalue weighted by Crippen LogP contribution is 2.44. The van der Waals surface area contributed by atoms with Crippen LogP contribution in [0.5, 0.6) is 0 Å². The van der Waals surface area contributed by atoms with Gasteiger partial charge in [-0.3, -0.25) is 19.6 Å². The zero-order valence-electron chi connectivity index (χ0n) is 19.5. The van der Waals surface area contributed by atoms with E-state index in [1.165, 1.54) is 4.68 Å². The zero-order chi connectivity index (χ0) is 24.8. The summed E-state index contributed by atoms with van der Waals surface area (Å²) in [6.07, 6.45) is 2.90. The summed E-state index contributed by atoms with van der Waals surface area (Å²) in [5, 5.41) is 18.2. The zero-order valence-corrected chi connectivity index (χ0v) is 19.5. The molecule has 1 aliphatic rings. The second-order valence-electron chi connectivity index (χ2n) is 8.48. The largest absolute Gasteiger partial charge is 0.481 e. The number of rotatable bonds is 10. The number of carboxylic acids is 1. The summed E-state index contributed by atoms with van der Waals surface area (Å²) >= 11 is 0. The molecule has 3 aromatic rings. The Morgan fingerprint density at radius 1 is 1.00 bits per heavy atom. The molecule has 0 saturated carbocycles. The standard InChI is InChI=1S/C26H28N4O5/c1-30-15-22(24(29-30)25(33)27-14-8-2-3-13-23(31)32)28-26(34)35-16-21-19-11-6-4-9-17(19)18-10-5-7-12-20(18)21/h4-7,9-12,15,21H,2-3,8,13-14,16H2,1H3,(H,27,33)(H,28,34)(H,31,32). The predicted octanol–water partition coefficient (Wildman–Crippen LogP) is 4.16. The van der Waals surface area contributed by atoms with E-state index >= 15 is 0 Å². The van der Waals surface area contributed by atoms with Crippen LogP contribution >= 0.6 is 0 Å². The molecule has 1 heterocycles. The van der Waals surface area contributed by atoms with Crippen molar-refractivity contribution in [3.63, 3.8) is 0 Å². The van der Waals surface area contributed by atoms with Gasteiger partial charge in [0.05, 0.1) is 5.69 Å². The lowest BCUT2D eigenvalue weighted by Crippen LogP contribution is -2.26. The number of amides is 2. The molecule has 3 N–H and O–H groups in total. The van der Waals surface area contributed by atoms with E-state index in [1.54, 1.807) is 13.2 Å². The predicted molar refractivity (Wildman–Crippen MR) is 130 cm³/mol. The van der Waals surface area contributed by atoms with Crippen LogP contribution < -0.4 is 10.6 Å². The topological polar surface area (TPSA) is 123 Å². The molecule has 0 bridgehead atoms. The molecule has 182 valence electrons. The Hall–Kier alpha value is -4.14. The summed E-state index contributed by atoms with van der Waals surface area (Å²) in [4.78, 5) is 35.7. The second kappa shape index (κ2) is 10.9. The van der Waals surface area contributed by atoms with Gasteiger partial charge in [0.15, 0.2) is 5.69 Å². The fraction of sp³-hybridized carbons (Fsp3) is 0.308. The lowest BCUT2D eigenvalue weighted by Gasteiger charge is -2.14. The maximum absolute atomic E-state index is 12.6. The average Bonchev–Trinajstić information content (AvgIpc) is 3.37. The number of hydrogen-bond acceptors (Lipinski definition) is 5. The van der Waals surface area contributed by atoms with Crippen LogP contribution in [0.1, 0.15) is 53.2 Å². The molecule has 1 aromatic heterocycles. The number of aliphatic carboxylic acids is 1. The van der Waals surface area contributed by atoms with Gasteiger partial charge in [0.1, 0.15) is 6.61 Å². The van der Waals surface area contributed by atoms with E-state index in [9.17, 15) is 14.4 Å². The van der Waals surface area contributed by atoms with Crippen LogP contribution in [-0.2, 0) is 16.6 Å². The van der Waals surface area contributed by atoms with Crippen molar-refractivity contribution >= 4 is 23.7 Å². The Morgan fingerprint density at radius 3 is 2.31 bits per heavy atom. The number of ether oxygens (including phenoxy) is 1. The van der Waals surface area contributed by atoms with Crippen molar-refractivity contribution in [2.75, 3.05) is 18.5 Å². The number of nitrogens with zero attached hydrogens (tertiary/aromatic N) is 2. The maximum Gasteiger partial charge on any atom is 0.411 e. The fourth-order valence-electron chi connectivity index (χ4n) is 4.36. The van der Waals surface area contributed by atoms with Crippen molar-refractivity contribution in [3.8, 4) is 11.1 Å². The van der Waals surface area contributed by atoms with Crippen LogP contribution in [0.25, 0.3) is 11.1 Å². The number of hydrogen-bond donors (Lipinski definition) is 3. The summed E-state index contributed by atoms with van der Waals surface area (Å²) in [6, 6.07) is 16.2. The van der Waals surface area contributed by atoms with Gasteiger partial charge in [-0.1, -0.05) is 55.0 Å². The SMILES string of the molecule is Cn1cc(NC(=O)OCC2c3ccccc3-c3ccccc32)c(C(=O)NCCCCCC(=O)O)n1. The average molecular weight is 477 g/mol. The molecule has 0 atom stereocenters. The lowest BCUT2D eigenvalue weighted by atomic mass is 9.98. The summed E-state index contributed by atoms with van der Waals surface area (Å²) in [5.41, 5.74) is 4.87. The smallest absolute Gasteiger partial charge is 0.411 e. The fourth-order valence-corrected chi connectivity index (χ4v) is 4.36. The Bertz CT molecular complexity index is 1190. The van der Waals surface area contributed by atoms with Crippen LogP contribution in [0.3, 0.4) is 0 Å². The summed E-state index contributed by atoms with van der Waals surface area (Å²) in [6.45, 7) is 0.553. The van der Waals surface area contributed by atoms with Gasteiger partial charge in [-0.25, -0.2) is 4.79 Å². The molecule has 0 aliphatic heterocycles. The monoisotopic (exact) mass is 476 g/mol. The van der Waals surface area contributed by atoms with E-state index in [0.29, 0.717) is 25.8 Å². The molecular weight excluding hydrogens is 448 g/mol. The van der Waals surface area contributed by atoms with Crippen molar-refractivity contribution in [3.05, 3.63) is 71.5 Å². The van der Waals surface area contributed by atoms with E-state index < -0.39 is 18.0 Å². The van der Waals surface area contributed by atoms with Crippen LogP contribution in [0.15, 0.2) is 54.7 Å². The van der Waals surface area contributed by atoms with E-state index in [1.807, 2.05) is 36.4 Å². The first-order valence-electron chi connectivity index (χ1n) is 11.6. The van der Waals surface area contributed by atoms with E-state index in [-0.39, 0.29) is 30.3 Å². The molecule has 35 heavy (non-hydrogen) atoms. The van der Waals surface area contributed by atoms with Crippen molar-refractivity contribution < 1.29 is 24.2 Å². The molecular formula is C26H28N4O5. The highest BCUT2D eigenvalue weighted by molar-refractivity contribution is 6.00. The van der Waals surface area contributed by atoms with Crippen LogP contribution in [0, 0.1) is 0 Å². The highest BCUT2D eigenvalue weighted by atomic mass is 16.5. The third kappa shape index (κ3) is 5.68. The Kier molecular flexibility index (Phi) is 7.45. The van der Waals surface area contributed by atoms with Gasteiger partial charge in [-0.05, 0) is 35.1 Å². The number of aromatic nitrogens is 2. The maximum atomic E-state index is 12.6. The molecule has 2 amide bonds. The van der Waals surface area contributed by atoms with Gasteiger partial charge < -0.3 is 15.2 Å². The highest BCUT2D eigenvalue weighted by Gasteiger charge is 2.29. The van der Waals surface area contributed by atoms with Gasteiger partial charge in [0.2, 0.25) is 0 Å². The van der Waals surface area contributed by atoms with E-state index in [2.05, 4.69) is 27.9 Å². The molecule has 0 unspecified atom stereocenters. The van der Waals surface area contributed by atoms with Gasteiger partial charge >= 0.3 is 12.1 Å². The number of aryl methyl sites for hydroxylation is 1. The van der Waals surface area contributed by atoms with Crippen LogP contribution in [-0.4, -0.2) is 46.0 Å². The number of anilines is 1. The molecule has 0 saturated heterocycles. The van der Waals surface area contributed by atoms with Gasteiger partial charge in [0.25, 0.3) is 5.91 Å². The number of benzene rings is 2. The summed E-state index contributed by atoms with van der Waals surface area (Å²) in [7, 11) is 1.66. The Morgan fingerprint density at radius 2 is 1.66 bits per heavy atom. The van der Waals surface area contributed by atoms with E-state index in [4.69, 9.17) is 9.84 Å². The van der Waals surface area contributed by atoms with Crippen LogP contribution in [0.4, 0.5) is 10.5 Å². The van der Waals surface area contributed by atoms with Crippen molar-refractivity contribution in [2.24, 2.45) is 7.05 Å². The number of fused-ring (bicyclic) bond motifs is 3. The van der Waals surface area contributed by atoms with E-state index in [0.717, 1.165) is 22.3 Å². The van der Waals surface area contributed by atoms with Crippen molar-refractivity contribution in [2.45, 2.75) is 31.6 Å². The first-order chi connectivity index (χ1) is 16.9. The number of carbonyl (C=O) groups is 3. The Balaban J connectivity index is 1.33. The van der Waals surface area contributed by atoms with Crippen LogP contribution in [0.2, 0.25) is 0 Å². The van der Waals surface area contributed by atoms with Crippen molar-refractivity contribution in [1.82, 2.24) is 15.1 Å². The Labute approximate surface area is 203 Å². The molecule has 0 radical (unpaired) electrons. The first kappa shape index (κ1) is 24.0. The summed E-state index contributed by atoms with van der Waals surface area (Å²) in [5.74, 6) is -1.31. The second-order valence-corrected chi connectivity index (χ2v) is 8.48. The minimum atomic E-state index is -0.827. The molecule has 0 fully saturated rings. The van der Waals surface area contributed by atoms with Gasteiger partial charge in [0, 0.05) is 32.1 Å². The molecule has 9 heteroatoms. The van der Waals surface area contributed by atoms with Crippen molar-refractivity contribution in [1.29, 1.82) is 0 Å². The minimum Gasteiger partial charge on any atom is -0.481 e. The number of unbranched alkanes of at least 4 members (excludes halogenated alkanes) is 2. The molecule has 0 spiro atoms. The summed E-state index contributed by atoms with van der Waals surface area (Å²) < 4.78 is 7.01. The minimum absolute atomic E-state index is 0.0639. The number of carbonyl (C=O) groups excluding carboxylic acids is 2. The molecule has 9 nitrogen and oxygen atoms in total. The third-order valence-corrected chi connectivity index (χ3v) is 5.98. The first-order valence-corrected chi connectivity index (χ1v) is 11.6.